The lowest BCUT2D eigenvalue weighted by Crippen LogP contribution is -1.95. The van der Waals surface area contributed by atoms with E-state index in [1.165, 1.54) is 52.8 Å². The Morgan fingerprint density at radius 2 is 0.645 bits per heavy atom. The first-order valence-electron chi connectivity index (χ1n) is 11.1. The number of fused-ring (bicyclic) bond motifs is 6. The summed E-state index contributed by atoms with van der Waals surface area (Å²) in [7, 11) is -0.112. The van der Waals surface area contributed by atoms with Crippen molar-refractivity contribution in [3.8, 4) is 22.3 Å². The number of hydrogen-bond acceptors (Lipinski definition) is 0. The molecule has 0 amide bonds. The maximum absolute atomic E-state index is 2.37. The molecule has 0 saturated carbocycles. The SMILES string of the molecule is c1ccc2c(c1)CP(CP1Cc3ccccc3-c3ccccc3C1)Cc1ccccc1-2. The third kappa shape index (κ3) is 3.78. The van der Waals surface area contributed by atoms with Crippen LogP contribution in [0.2, 0.25) is 0 Å². The molecule has 2 aliphatic rings. The Hall–Kier alpha value is -2.26. The molecule has 0 nitrogen and oxygen atoms in total. The fourth-order valence-corrected chi connectivity index (χ4v) is 12.4. The summed E-state index contributed by atoms with van der Waals surface area (Å²) in [5, 5.41) is 0. The van der Waals surface area contributed by atoms with Crippen molar-refractivity contribution in [1.82, 2.24) is 0 Å². The van der Waals surface area contributed by atoms with Crippen LogP contribution in [0.15, 0.2) is 97.1 Å². The normalized spacial score (nSPS) is 15.7. The van der Waals surface area contributed by atoms with E-state index in [0.29, 0.717) is 0 Å². The fraction of sp³-hybridized carbons (Fsp3) is 0.172. The number of hydrogen-bond donors (Lipinski definition) is 0. The smallest absolute Gasteiger partial charge is 0.00608 e. The lowest BCUT2D eigenvalue weighted by atomic mass is 9.97. The molecule has 2 heteroatoms. The van der Waals surface area contributed by atoms with E-state index < -0.39 is 0 Å². The van der Waals surface area contributed by atoms with Crippen molar-refractivity contribution >= 4 is 15.8 Å². The van der Waals surface area contributed by atoms with Gasteiger partial charge in [-0.25, -0.2) is 0 Å². The second-order valence-electron chi connectivity index (χ2n) is 8.74. The van der Waals surface area contributed by atoms with Gasteiger partial charge < -0.3 is 0 Å². The molecule has 0 fully saturated rings. The van der Waals surface area contributed by atoms with Gasteiger partial charge in [0.2, 0.25) is 0 Å². The van der Waals surface area contributed by atoms with Crippen molar-refractivity contribution in [1.29, 1.82) is 0 Å². The quantitative estimate of drug-likeness (QED) is 0.276. The summed E-state index contributed by atoms with van der Waals surface area (Å²) < 4.78 is 0. The van der Waals surface area contributed by atoms with E-state index in [1.807, 2.05) is 0 Å². The highest BCUT2D eigenvalue weighted by atomic mass is 31.2. The van der Waals surface area contributed by atoms with E-state index in [-0.39, 0.29) is 15.8 Å². The number of rotatable bonds is 2. The van der Waals surface area contributed by atoms with E-state index in [0.717, 1.165) is 0 Å². The Balaban J connectivity index is 1.35. The average Bonchev–Trinajstić information content (AvgIpc) is 3.06. The second kappa shape index (κ2) is 8.35. The minimum Gasteiger partial charge on any atom is -0.0933 e. The Bertz CT molecular complexity index is 1050. The monoisotopic (exact) mass is 436 g/mol. The topological polar surface area (TPSA) is 0 Å². The van der Waals surface area contributed by atoms with Crippen LogP contribution in [0.3, 0.4) is 0 Å². The first-order valence-corrected chi connectivity index (χ1v) is 14.9. The molecule has 4 aromatic rings. The van der Waals surface area contributed by atoms with Gasteiger partial charge in [0.15, 0.2) is 0 Å². The molecule has 31 heavy (non-hydrogen) atoms. The summed E-state index contributed by atoms with van der Waals surface area (Å²) in [6.45, 7) is 0. The van der Waals surface area contributed by atoms with Gasteiger partial charge in [0.25, 0.3) is 0 Å². The van der Waals surface area contributed by atoms with Crippen LogP contribution < -0.4 is 0 Å². The van der Waals surface area contributed by atoms with Gasteiger partial charge in [-0.15, -0.1) is 0 Å². The lowest BCUT2D eigenvalue weighted by Gasteiger charge is -2.24. The van der Waals surface area contributed by atoms with Crippen LogP contribution in [0.5, 0.6) is 0 Å². The van der Waals surface area contributed by atoms with Crippen molar-refractivity contribution in [3.05, 3.63) is 119 Å². The zero-order chi connectivity index (χ0) is 20.6. The number of benzene rings is 4. The molecule has 0 radical (unpaired) electrons. The molecule has 2 heterocycles. The maximum Gasteiger partial charge on any atom is -0.00608 e. The average molecular weight is 436 g/mol. The third-order valence-electron chi connectivity index (χ3n) is 6.63. The summed E-state index contributed by atoms with van der Waals surface area (Å²) in [4.78, 5) is 0. The fourth-order valence-electron chi connectivity index (χ4n) is 5.24. The van der Waals surface area contributed by atoms with Gasteiger partial charge in [0.05, 0.1) is 0 Å². The van der Waals surface area contributed by atoms with Crippen LogP contribution in [-0.4, -0.2) is 5.90 Å². The van der Waals surface area contributed by atoms with Gasteiger partial charge in [0.1, 0.15) is 0 Å². The molecule has 0 saturated heterocycles. The van der Waals surface area contributed by atoms with E-state index in [1.54, 1.807) is 22.3 Å². The largest absolute Gasteiger partial charge is 0.0933 e. The molecule has 0 unspecified atom stereocenters. The van der Waals surface area contributed by atoms with Gasteiger partial charge in [-0.2, -0.15) is 0 Å². The zero-order valence-electron chi connectivity index (χ0n) is 17.7. The van der Waals surface area contributed by atoms with E-state index in [2.05, 4.69) is 97.1 Å². The molecule has 0 N–H and O–H groups in total. The Labute approximate surface area is 187 Å². The molecule has 2 aliphatic heterocycles. The highest BCUT2D eigenvalue weighted by molar-refractivity contribution is 7.73. The summed E-state index contributed by atoms with van der Waals surface area (Å²) in [6, 6.07) is 36.5. The molecule has 0 atom stereocenters. The Morgan fingerprint density at radius 3 is 0.935 bits per heavy atom. The van der Waals surface area contributed by atoms with Crippen LogP contribution in [0.4, 0.5) is 0 Å². The molecule has 152 valence electrons. The third-order valence-corrected chi connectivity index (χ3v) is 13.0. The van der Waals surface area contributed by atoms with Crippen molar-refractivity contribution in [3.63, 3.8) is 0 Å². The molecule has 4 aromatic carbocycles. The van der Waals surface area contributed by atoms with Crippen LogP contribution in [0.25, 0.3) is 22.3 Å². The van der Waals surface area contributed by atoms with E-state index in [9.17, 15) is 0 Å². The van der Waals surface area contributed by atoms with Crippen LogP contribution >= 0.6 is 15.8 Å². The van der Waals surface area contributed by atoms with Gasteiger partial charge in [-0.1, -0.05) is 113 Å². The van der Waals surface area contributed by atoms with Gasteiger partial charge in [-0.05, 0) is 75.1 Å². The standard InChI is InChI=1S/C29H26P2/c1-5-13-26-22(9-1)17-30(18-23-10-2-6-14-27(23)26)21-31-19-24-11-3-7-15-28(24)29-16-8-4-12-25(29)20-31/h1-16H,17-21H2. The Kier molecular flexibility index (Phi) is 5.23. The van der Waals surface area contributed by atoms with Crippen LogP contribution in [-0.2, 0) is 24.6 Å². The minimum atomic E-state index is -0.0560. The van der Waals surface area contributed by atoms with Crippen molar-refractivity contribution in [2.24, 2.45) is 0 Å². The summed E-state index contributed by atoms with van der Waals surface area (Å²) in [5.41, 5.74) is 12.1. The zero-order valence-corrected chi connectivity index (χ0v) is 19.5. The molecule has 0 spiro atoms. The predicted molar refractivity (Wildman–Crippen MR) is 137 cm³/mol. The summed E-state index contributed by atoms with van der Waals surface area (Å²) >= 11 is 0. The van der Waals surface area contributed by atoms with Gasteiger partial charge >= 0.3 is 0 Å². The second-order valence-corrected chi connectivity index (χ2v) is 13.8. The molecular formula is C29H26P2. The van der Waals surface area contributed by atoms with Crippen molar-refractivity contribution in [2.45, 2.75) is 24.6 Å². The molecule has 0 bridgehead atoms. The molecular weight excluding hydrogens is 410 g/mol. The predicted octanol–water partition coefficient (Wildman–Crippen LogP) is 8.67. The lowest BCUT2D eigenvalue weighted by molar-refractivity contribution is 1.35. The van der Waals surface area contributed by atoms with Crippen molar-refractivity contribution < 1.29 is 0 Å². The molecule has 6 rings (SSSR count). The van der Waals surface area contributed by atoms with E-state index >= 15 is 0 Å². The highest BCUT2D eigenvalue weighted by Gasteiger charge is 2.26. The first-order chi connectivity index (χ1) is 15.3. The van der Waals surface area contributed by atoms with E-state index in [4.69, 9.17) is 0 Å². The summed E-state index contributed by atoms with van der Waals surface area (Å²) in [5.74, 6) is 1.41. The van der Waals surface area contributed by atoms with Gasteiger partial charge in [-0.3, -0.25) is 0 Å². The highest BCUT2D eigenvalue weighted by Crippen LogP contribution is 2.61. The molecule has 0 aliphatic carbocycles. The van der Waals surface area contributed by atoms with Gasteiger partial charge in [0, 0.05) is 0 Å². The summed E-state index contributed by atoms with van der Waals surface area (Å²) in [6.07, 6.45) is 5.06. The van der Waals surface area contributed by atoms with Crippen LogP contribution in [0.1, 0.15) is 22.3 Å². The van der Waals surface area contributed by atoms with Crippen molar-refractivity contribution in [2.75, 3.05) is 5.90 Å². The molecule has 0 aromatic heterocycles. The Morgan fingerprint density at radius 1 is 0.387 bits per heavy atom. The van der Waals surface area contributed by atoms with Crippen LogP contribution in [0, 0.1) is 0 Å². The maximum atomic E-state index is 2.37. The minimum absolute atomic E-state index is 0.0560. The first kappa shape index (κ1) is 19.4.